The van der Waals surface area contributed by atoms with Crippen molar-refractivity contribution in [3.63, 3.8) is 0 Å². The molecule has 1 aliphatic rings. The minimum absolute atomic E-state index is 0.769. The van der Waals surface area contributed by atoms with Gasteiger partial charge in [-0.25, -0.2) is 0 Å². The average Bonchev–Trinajstić information content (AvgIpc) is 2.75. The van der Waals surface area contributed by atoms with Crippen molar-refractivity contribution >= 4 is 0 Å². The number of methoxy groups -OCH3 is 1. The number of benzene rings is 2. The van der Waals surface area contributed by atoms with Crippen molar-refractivity contribution in [2.24, 2.45) is 5.92 Å². The molecule has 0 radical (unpaired) electrons. The van der Waals surface area contributed by atoms with Gasteiger partial charge in [0, 0.05) is 13.7 Å². The van der Waals surface area contributed by atoms with E-state index in [4.69, 9.17) is 4.74 Å². The molecular weight excluding hydrogens is 340 g/mol. The molecule has 0 heterocycles. The molecule has 0 unspecified atom stereocenters. The second kappa shape index (κ2) is 11.4. The summed E-state index contributed by atoms with van der Waals surface area (Å²) in [6.45, 7) is 3.16. The average molecular weight is 379 g/mol. The summed E-state index contributed by atoms with van der Waals surface area (Å²) in [5.74, 6) is 1.73. The molecule has 152 valence electrons. The van der Waals surface area contributed by atoms with E-state index in [1.54, 1.807) is 12.7 Å². The monoisotopic (exact) mass is 378 g/mol. The molecule has 0 saturated heterocycles. The third-order valence-corrected chi connectivity index (χ3v) is 6.52. The lowest BCUT2D eigenvalue weighted by Crippen LogP contribution is -2.13. The maximum Gasteiger partial charge on any atom is 0.0462 e. The predicted molar refractivity (Wildman–Crippen MR) is 121 cm³/mol. The Morgan fingerprint density at radius 1 is 0.786 bits per heavy atom. The third-order valence-electron chi connectivity index (χ3n) is 6.52. The molecule has 0 N–H and O–H groups in total. The van der Waals surface area contributed by atoms with Crippen LogP contribution < -0.4 is 0 Å². The van der Waals surface area contributed by atoms with Crippen LogP contribution in [0.3, 0.4) is 0 Å². The summed E-state index contributed by atoms with van der Waals surface area (Å²) in [6, 6.07) is 18.5. The molecule has 0 bridgehead atoms. The van der Waals surface area contributed by atoms with Crippen LogP contribution in [0.2, 0.25) is 0 Å². The zero-order valence-corrected chi connectivity index (χ0v) is 18.0. The van der Waals surface area contributed by atoms with Crippen molar-refractivity contribution in [2.75, 3.05) is 13.7 Å². The van der Waals surface area contributed by atoms with Gasteiger partial charge in [-0.2, -0.15) is 0 Å². The lowest BCUT2D eigenvalue weighted by Gasteiger charge is -2.29. The molecule has 0 aromatic heterocycles. The first-order valence-corrected chi connectivity index (χ1v) is 11.5. The van der Waals surface area contributed by atoms with Gasteiger partial charge in [0.1, 0.15) is 0 Å². The first-order valence-electron chi connectivity index (χ1n) is 11.5. The quantitative estimate of drug-likeness (QED) is 0.383. The van der Waals surface area contributed by atoms with E-state index in [-0.39, 0.29) is 0 Å². The van der Waals surface area contributed by atoms with Crippen LogP contribution in [0.5, 0.6) is 0 Å². The Kier molecular flexibility index (Phi) is 8.61. The maximum atomic E-state index is 5.15. The molecule has 0 aliphatic heterocycles. The van der Waals surface area contributed by atoms with Crippen LogP contribution in [-0.2, 0) is 11.2 Å². The largest absolute Gasteiger partial charge is 0.385 e. The van der Waals surface area contributed by atoms with E-state index >= 15 is 0 Å². The van der Waals surface area contributed by atoms with Crippen LogP contribution in [0, 0.1) is 5.92 Å². The summed E-state index contributed by atoms with van der Waals surface area (Å²) in [4.78, 5) is 0. The highest BCUT2D eigenvalue weighted by atomic mass is 16.5. The zero-order valence-electron chi connectivity index (χ0n) is 18.0. The molecule has 0 spiro atoms. The highest BCUT2D eigenvalue weighted by Crippen LogP contribution is 2.38. The molecule has 1 saturated carbocycles. The van der Waals surface area contributed by atoms with Crippen LogP contribution in [0.4, 0.5) is 0 Å². The van der Waals surface area contributed by atoms with Gasteiger partial charge in [-0.15, -0.1) is 0 Å². The summed E-state index contributed by atoms with van der Waals surface area (Å²) in [7, 11) is 1.80. The summed E-state index contributed by atoms with van der Waals surface area (Å²) in [5, 5.41) is 0. The minimum Gasteiger partial charge on any atom is -0.385 e. The normalized spacial score (nSPS) is 19.6. The van der Waals surface area contributed by atoms with Crippen molar-refractivity contribution in [3.8, 4) is 11.1 Å². The molecule has 2 aromatic carbocycles. The topological polar surface area (TPSA) is 9.23 Å². The summed E-state index contributed by atoms with van der Waals surface area (Å²) >= 11 is 0. The third kappa shape index (κ3) is 6.21. The van der Waals surface area contributed by atoms with Crippen molar-refractivity contribution in [3.05, 3.63) is 59.7 Å². The molecule has 1 fully saturated rings. The van der Waals surface area contributed by atoms with Crippen LogP contribution in [0.25, 0.3) is 11.1 Å². The van der Waals surface area contributed by atoms with Crippen LogP contribution in [-0.4, -0.2) is 13.7 Å². The summed E-state index contributed by atoms with van der Waals surface area (Å²) in [5.41, 5.74) is 5.67. The van der Waals surface area contributed by atoms with Crippen LogP contribution in [0.1, 0.15) is 81.8 Å². The number of rotatable bonds is 10. The number of hydrogen-bond donors (Lipinski definition) is 0. The summed E-state index contributed by atoms with van der Waals surface area (Å²) in [6.07, 6.45) is 13.3. The smallest absolute Gasteiger partial charge is 0.0462 e. The first-order chi connectivity index (χ1) is 13.8. The molecule has 1 nitrogen and oxygen atoms in total. The Morgan fingerprint density at radius 3 is 2.04 bits per heavy atom. The van der Waals surface area contributed by atoms with Gasteiger partial charge in [0.2, 0.25) is 0 Å². The van der Waals surface area contributed by atoms with E-state index in [1.165, 1.54) is 80.9 Å². The lowest BCUT2D eigenvalue weighted by atomic mass is 9.77. The first kappa shape index (κ1) is 21.1. The van der Waals surface area contributed by atoms with Crippen molar-refractivity contribution < 1.29 is 4.74 Å². The van der Waals surface area contributed by atoms with Gasteiger partial charge in [0.25, 0.3) is 0 Å². The Balaban J connectivity index is 1.46. The predicted octanol–water partition coefficient (Wildman–Crippen LogP) is 7.79. The molecule has 0 atom stereocenters. The fourth-order valence-corrected chi connectivity index (χ4v) is 4.74. The van der Waals surface area contributed by atoms with E-state index in [0.717, 1.165) is 18.4 Å². The van der Waals surface area contributed by atoms with Crippen LogP contribution in [0.15, 0.2) is 48.5 Å². The molecular formula is C27H38O. The number of ether oxygens (including phenoxy) is 1. The zero-order chi connectivity index (χ0) is 19.6. The highest BCUT2D eigenvalue weighted by molar-refractivity contribution is 5.64. The van der Waals surface area contributed by atoms with E-state index in [1.807, 2.05) is 0 Å². The van der Waals surface area contributed by atoms with Gasteiger partial charge >= 0.3 is 0 Å². The van der Waals surface area contributed by atoms with Crippen molar-refractivity contribution in [1.82, 2.24) is 0 Å². The molecule has 1 aliphatic carbocycles. The number of unbranched alkanes of at least 4 members (excludes halogenated alkanes) is 2. The Bertz CT molecular complexity index is 662. The molecule has 1 heteroatoms. The van der Waals surface area contributed by atoms with Gasteiger partial charge in [0.05, 0.1) is 0 Å². The summed E-state index contributed by atoms with van der Waals surface area (Å²) < 4.78 is 5.15. The SMILES string of the molecule is CCCc1ccc(-c2ccc(C3CCC(CCCCCOC)CC3)cc2)cc1. The van der Waals surface area contributed by atoms with Gasteiger partial charge in [-0.1, -0.05) is 81.1 Å². The Labute approximate surface area is 172 Å². The number of hydrogen-bond acceptors (Lipinski definition) is 1. The number of aryl methyl sites for hydroxylation is 1. The van der Waals surface area contributed by atoms with E-state index in [2.05, 4.69) is 55.5 Å². The van der Waals surface area contributed by atoms with E-state index < -0.39 is 0 Å². The van der Waals surface area contributed by atoms with Crippen molar-refractivity contribution in [2.45, 2.75) is 77.0 Å². The van der Waals surface area contributed by atoms with E-state index in [0.29, 0.717) is 0 Å². The minimum atomic E-state index is 0.769. The second-order valence-corrected chi connectivity index (χ2v) is 8.63. The fraction of sp³-hybridized carbons (Fsp3) is 0.556. The molecule has 2 aromatic rings. The molecule has 28 heavy (non-hydrogen) atoms. The van der Waals surface area contributed by atoms with Gasteiger partial charge in [-0.3, -0.25) is 0 Å². The van der Waals surface area contributed by atoms with Crippen LogP contribution >= 0.6 is 0 Å². The highest BCUT2D eigenvalue weighted by Gasteiger charge is 2.22. The van der Waals surface area contributed by atoms with Gasteiger partial charge in [0.15, 0.2) is 0 Å². The van der Waals surface area contributed by atoms with Gasteiger partial charge in [-0.05, 0) is 72.6 Å². The van der Waals surface area contributed by atoms with Crippen molar-refractivity contribution in [1.29, 1.82) is 0 Å². The van der Waals surface area contributed by atoms with Gasteiger partial charge < -0.3 is 4.74 Å². The molecule has 3 rings (SSSR count). The standard InChI is InChI=1S/C27H38O/c1-3-7-22-9-13-24(14-10-22)26-17-19-27(20-18-26)25-15-11-23(12-16-25)8-5-4-6-21-28-2/h9-10,13-14,17-20,23,25H,3-8,11-12,15-16,21H2,1-2H3. The lowest BCUT2D eigenvalue weighted by molar-refractivity contribution is 0.190. The fourth-order valence-electron chi connectivity index (χ4n) is 4.74. The Hall–Kier alpha value is -1.60. The second-order valence-electron chi connectivity index (χ2n) is 8.63. The maximum absolute atomic E-state index is 5.15. The van der Waals surface area contributed by atoms with E-state index in [9.17, 15) is 0 Å². The molecule has 0 amide bonds. The Morgan fingerprint density at radius 2 is 1.43 bits per heavy atom.